The summed E-state index contributed by atoms with van der Waals surface area (Å²) in [7, 11) is 0. The first-order chi connectivity index (χ1) is 20.1. The van der Waals surface area contributed by atoms with Gasteiger partial charge in [-0.2, -0.15) is 35.1 Å². The zero-order chi connectivity index (χ0) is 32.1. The van der Waals surface area contributed by atoms with E-state index in [1.807, 2.05) is 19.1 Å². The topological polar surface area (TPSA) is 35.5 Å². The molecule has 236 valence electrons. The Balaban J connectivity index is 1.67. The largest absolute Gasteiger partial charge is 0.493 e. The van der Waals surface area contributed by atoms with Crippen LogP contribution in [0.1, 0.15) is 50.2 Å². The van der Waals surface area contributed by atoms with Crippen molar-refractivity contribution in [2.45, 2.75) is 76.1 Å². The van der Waals surface area contributed by atoms with Crippen LogP contribution in [0.3, 0.4) is 0 Å². The molecule has 0 saturated heterocycles. The van der Waals surface area contributed by atoms with Crippen LogP contribution in [-0.4, -0.2) is 42.9 Å². The Labute approximate surface area is 248 Å². The van der Waals surface area contributed by atoms with Crippen LogP contribution in [0, 0.1) is 6.92 Å². The SMILES string of the molecule is C=CC(=O)OCCC(F)(F)C(F)(F)C(F)(F)C(F)(F)CCOc1ccc2cc(-c3ccc(CCCCC)cc3C)sc2c1. The van der Waals surface area contributed by atoms with Crippen molar-refractivity contribution in [2.24, 2.45) is 0 Å². The molecule has 3 nitrogen and oxygen atoms in total. The summed E-state index contributed by atoms with van der Waals surface area (Å²) in [6, 6.07) is 12.7. The Hall–Kier alpha value is -3.15. The van der Waals surface area contributed by atoms with Crippen LogP contribution in [0.2, 0.25) is 0 Å². The Kier molecular flexibility index (Phi) is 10.9. The maximum absolute atomic E-state index is 14.3. The molecule has 1 heterocycles. The second kappa shape index (κ2) is 13.7. The number of thiophene rings is 1. The van der Waals surface area contributed by atoms with Gasteiger partial charge in [-0.1, -0.05) is 44.5 Å². The van der Waals surface area contributed by atoms with E-state index in [0.717, 1.165) is 47.1 Å². The lowest BCUT2D eigenvalue weighted by Gasteiger charge is -2.36. The Bertz CT molecular complexity index is 1420. The van der Waals surface area contributed by atoms with Crippen molar-refractivity contribution >= 4 is 27.4 Å². The quantitative estimate of drug-likeness (QED) is 0.0680. The number of unbranched alkanes of at least 4 members (excludes halogenated alkanes) is 2. The molecule has 3 aromatic rings. The Morgan fingerprint density at radius 3 is 2.14 bits per heavy atom. The zero-order valence-corrected chi connectivity index (χ0v) is 24.5. The van der Waals surface area contributed by atoms with Crippen molar-refractivity contribution in [3.8, 4) is 16.2 Å². The van der Waals surface area contributed by atoms with Gasteiger partial charge >= 0.3 is 29.7 Å². The Morgan fingerprint density at radius 1 is 0.884 bits per heavy atom. The second-order valence-corrected chi connectivity index (χ2v) is 11.3. The summed E-state index contributed by atoms with van der Waals surface area (Å²) in [6.45, 7) is 4.54. The average Bonchev–Trinajstić information content (AvgIpc) is 3.35. The third-order valence-electron chi connectivity index (χ3n) is 6.94. The van der Waals surface area contributed by atoms with Crippen molar-refractivity contribution in [3.05, 3.63) is 66.2 Å². The van der Waals surface area contributed by atoms with Gasteiger partial charge in [0.1, 0.15) is 5.75 Å². The number of rotatable bonds is 16. The monoisotopic (exact) mass is 636 g/mol. The van der Waals surface area contributed by atoms with Gasteiger partial charge in [-0.3, -0.25) is 0 Å². The van der Waals surface area contributed by atoms with Gasteiger partial charge in [0.25, 0.3) is 0 Å². The minimum absolute atomic E-state index is 0.0177. The van der Waals surface area contributed by atoms with E-state index in [9.17, 15) is 39.9 Å². The fraction of sp³-hybridized carbons (Fsp3) is 0.452. The summed E-state index contributed by atoms with van der Waals surface area (Å²) in [5, 5.41) is 0.816. The molecule has 0 aliphatic heterocycles. The number of hydrogen-bond acceptors (Lipinski definition) is 4. The van der Waals surface area contributed by atoms with Crippen LogP contribution in [0.4, 0.5) is 35.1 Å². The number of esters is 1. The minimum atomic E-state index is -6.46. The predicted octanol–water partition coefficient (Wildman–Crippen LogP) is 10.0. The van der Waals surface area contributed by atoms with Gasteiger partial charge in [0.2, 0.25) is 0 Å². The van der Waals surface area contributed by atoms with E-state index in [0.29, 0.717) is 10.8 Å². The normalized spacial score (nSPS) is 12.9. The van der Waals surface area contributed by atoms with Gasteiger partial charge in [0, 0.05) is 15.7 Å². The lowest BCUT2D eigenvalue weighted by atomic mass is 9.95. The highest BCUT2D eigenvalue weighted by molar-refractivity contribution is 7.22. The van der Waals surface area contributed by atoms with Gasteiger partial charge in [0.05, 0.1) is 26.1 Å². The molecule has 0 N–H and O–H groups in total. The molecule has 3 rings (SSSR count). The molecule has 0 fully saturated rings. The fourth-order valence-corrected chi connectivity index (χ4v) is 5.56. The molecule has 0 spiro atoms. The van der Waals surface area contributed by atoms with Gasteiger partial charge in [-0.05, 0) is 66.1 Å². The maximum atomic E-state index is 14.3. The first-order valence-electron chi connectivity index (χ1n) is 13.6. The molecule has 0 aliphatic carbocycles. The van der Waals surface area contributed by atoms with Gasteiger partial charge in [-0.25, -0.2) is 4.79 Å². The number of alkyl halides is 8. The van der Waals surface area contributed by atoms with E-state index in [-0.39, 0.29) is 5.75 Å². The molecule has 43 heavy (non-hydrogen) atoms. The van der Waals surface area contributed by atoms with Crippen LogP contribution in [0.5, 0.6) is 5.75 Å². The number of hydrogen-bond donors (Lipinski definition) is 0. The molecule has 0 radical (unpaired) electrons. The number of carbonyl (C=O) groups is 1. The highest BCUT2D eigenvalue weighted by Gasteiger charge is 2.79. The number of aryl methyl sites for hydroxylation is 2. The van der Waals surface area contributed by atoms with Gasteiger partial charge in [-0.15, -0.1) is 11.3 Å². The fourth-order valence-electron chi connectivity index (χ4n) is 4.38. The molecule has 0 atom stereocenters. The van der Waals surface area contributed by atoms with Crippen molar-refractivity contribution in [1.82, 2.24) is 0 Å². The summed E-state index contributed by atoms with van der Waals surface area (Å²) in [5.74, 6) is -25.3. The van der Waals surface area contributed by atoms with Crippen molar-refractivity contribution in [2.75, 3.05) is 13.2 Å². The lowest BCUT2D eigenvalue weighted by molar-refractivity contribution is -0.368. The first-order valence-corrected chi connectivity index (χ1v) is 14.4. The summed E-state index contributed by atoms with van der Waals surface area (Å²) in [4.78, 5) is 11.8. The van der Waals surface area contributed by atoms with Crippen LogP contribution in [-0.2, 0) is 16.0 Å². The van der Waals surface area contributed by atoms with Crippen molar-refractivity contribution in [3.63, 3.8) is 0 Å². The minimum Gasteiger partial charge on any atom is -0.493 e. The smallest absolute Gasteiger partial charge is 0.378 e. The first kappa shape index (κ1) is 34.3. The number of halogens is 8. The van der Waals surface area contributed by atoms with Crippen LogP contribution < -0.4 is 4.74 Å². The van der Waals surface area contributed by atoms with Crippen LogP contribution in [0.25, 0.3) is 20.5 Å². The Morgan fingerprint density at radius 2 is 1.53 bits per heavy atom. The molecule has 0 bridgehead atoms. The summed E-state index contributed by atoms with van der Waals surface area (Å²) >= 11 is 1.40. The molecule has 0 saturated carbocycles. The van der Waals surface area contributed by atoms with E-state index < -0.39 is 55.7 Å². The van der Waals surface area contributed by atoms with E-state index in [1.54, 1.807) is 6.07 Å². The molecule has 0 aliphatic rings. The molecule has 12 heteroatoms. The number of fused-ring (bicyclic) bond motifs is 1. The molecule has 0 unspecified atom stereocenters. The van der Waals surface area contributed by atoms with Crippen LogP contribution >= 0.6 is 11.3 Å². The summed E-state index contributed by atoms with van der Waals surface area (Å²) < 4.78 is 123. The molecule has 0 amide bonds. The average molecular weight is 637 g/mol. The highest BCUT2D eigenvalue weighted by atomic mass is 32.1. The highest BCUT2D eigenvalue weighted by Crippen LogP contribution is 2.54. The molecule has 1 aromatic heterocycles. The summed E-state index contributed by atoms with van der Waals surface area (Å²) in [5.41, 5.74) is 3.34. The zero-order valence-electron chi connectivity index (χ0n) is 23.6. The van der Waals surface area contributed by atoms with E-state index >= 15 is 0 Å². The second-order valence-electron chi connectivity index (χ2n) is 10.2. The predicted molar refractivity (Wildman–Crippen MR) is 151 cm³/mol. The number of carbonyl (C=O) groups excluding carboxylic acids is 1. The maximum Gasteiger partial charge on any atom is 0.378 e. The lowest BCUT2D eigenvalue weighted by Crippen LogP contribution is -2.62. The third kappa shape index (κ3) is 7.69. The molecule has 2 aromatic carbocycles. The van der Waals surface area contributed by atoms with E-state index in [2.05, 4.69) is 30.4 Å². The number of ether oxygens (including phenoxy) is 2. The summed E-state index contributed by atoms with van der Waals surface area (Å²) in [6.07, 6.45) is 0.840. The van der Waals surface area contributed by atoms with E-state index in [1.165, 1.54) is 29.0 Å². The number of benzene rings is 2. The van der Waals surface area contributed by atoms with E-state index in [4.69, 9.17) is 4.74 Å². The van der Waals surface area contributed by atoms with Gasteiger partial charge < -0.3 is 9.47 Å². The van der Waals surface area contributed by atoms with Crippen molar-refractivity contribution < 1.29 is 49.4 Å². The standard InChI is InChI=1S/C31H32F8O3S/c1-4-6-7-8-21-9-12-24(20(3)17-21)26-18-22-10-11-23(19-25(22)43-26)41-15-13-28(32,33)30(36,37)31(38,39)29(34,35)14-16-42-27(40)5-2/h5,9-12,17-19H,2,4,6-8,13-16H2,1,3H3. The van der Waals surface area contributed by atoms with Crippen LogP contribution in [0.15, 0.2) is 55.1 Å². The van der Waals surface area contributed by atoms with Gasteiger partial charge in [0.15, 0.2) is 0 Å². The third-order valence-corrected chi connectivity index (χ3v) is 8.07. The molecular weight excluding hydrogens is 604 g/mol. The van der Waals surface area contributed by atoms with Crippen molar-refractivity contribution in [1.29, 1.82) is 0 Å². The molecular formula is C31H32F8O3S.